The summed E-state index contributed by atoms with van der Waals surface area (Å²) in [6.07, 6.45) is 0. The fourth-order valence-corrected chi connectivity index (χ4v) is 3.76. The van der Waals surface area contributed by atoms with Crippen molar-refractivity contribution in [2.24, 2.45) is 7.05 Å². The molecule has 0 radical (unpaired) electrons. The molecule has 1 aliphatic heterocycles. The van der Waals surface area contributed by atoms with Crippen molar-refractivity contribution in [3.8, 4) is 28.7 Å². The van der Waals surface area contributed by atoms with E-state index in [1.54, 1.807) is 48.9 Å². The van der Waals surface area contributed by atoms with E-state index in [2.05, 4.69) is 10.6 Å². The zero-order valence-corrected chi connectivity index (χ0v) is 19.0. The average molecular weight is 455 g/mol. The lowest BCUT2D eigenvalue weighted by molar-refractivity contribution is -0.117. The van der Waals surface area contributed by atoms with Gasteiger partial charge in [0.05, 0.1) is 26.8 Å². The second-order valence-corrected chi connectivity index (χ2v) is 7.42. The number of hydrogen-bond donors (Lipinski definition) is 2. The van der Waals surface area contributed by atoms with Crippen LogP contribution in [0.25, 0.3) is 10.9 Å². The molecular weight excluding hydrogens is 430 g/mol. The number of benzene rings is 2. The molecule has 2 N–H and O–H groups in total. The lowest BCUT2D eigenvalue weighted by atomic mass is 10.2. The van der Waals surface area contributed by atoms with Gasteiger partial charge in [-0.2, -0.15) is 0 Å². The van der Waals surface area contributed by atoms with Gasteiger partial charge >= 0.3 is 0 Å². The predicted octanol–water partition coefficient (Wildman–Crippen LogP) is 2.69. The van der Waals surface area contributed by atoms with E-state index >= 15 is 0 Å². The number of anilines is 1. The normalized spacial score (nSPS) is 12.9. The number of amides is 2. The van der Waals surface area contributed by atoms with Crippen LogP contribution < -0.4 is 34.3 Å². The third-order valence-electron chi connectivity index (χ3n) is 5.44. The van der Waals surface area contributed by atoms with E-state index in [1.807, 2.05) is 0 Å². The average Bonchev–Trinajstić information content (AvgIpc) is 3.41. The van der Waals surface area contributed by atoms with E-state index in [9.17, 15) is 9.59 Å². The van der Waals surface area contributed by atoms with Crippen LogP contribution in [0.3, 0.4) is 0 Å². The molecule has 2 amide bonds. The summed E-state index contributed by atoms with van der Waals surface area (Å²) in [5, 5.41) is 6.23. The smallest absolute Gasteiger partial charge is 0.268 e. The van der Waals surface area contributed by atoms with E-state index in [0.29, 0.717) is 45.6 Å². The molecule has 0 saturated heterocycles. The molecule has 33 heavy (non-hydrogen) atoms. The molecule has 174 valence electrons. The summed E-state index contributed by atoms with van der Waals surface area (Å²) in [5.74, 6) is 1.74. The van der Waals surface area contributed by atoms with Crippen LogP contribution in [0.1, 0.15) is 17.4 Å². The fraction of sp³-hybridized carbons (Fsp3) is 0.304. The van der Waals surface area contributed by atoms with Gasteiger partial charge in [0.15, 0.2) is 23.0 Å². The molecule has 0 fully saturated rings. The Morgan fingerprint density at radius 1 is 1.00 bits per heavy atom. The van der Waals surface area contributed by atoms with E-state index in [1.165, 1.54) is 21.3 Å². The Bertz CT molecular complexity index is 1230. The number of nitrogens with one attached hydrogen (secondary N) is 2. The minimum absolute atomic E-state index is 0.146. The van der Waals surface area contributed by atoms with Gasteiger partial charge in [-0.3, -0.25) is 9.59 Å². The summed E-state index contributed by atoms with van der Waals surface area (Å²) in [4.78, 5) is 25.7. The molecule has 1 aliphatic rings. The minimum Gasteiger partial charge on any atom is -0.493 e. The Kier molecular flexibility index (Phi) is 5.91. The van der Waals surface area contributed by atoms with Gasteiger partial charge in [-0.1, -0.05) is 0 Å². The monoisotopic (exact) mass is 455 g/mol. The second kappa shape index (κ2) is 8.81. The predicted molar refractivity (Wildman–Crippen MR) is 121 cm³/mol. The van der Waals surface area contributed by atoms with Crippen LogP contribution in [0.5, 0.6) is 28.7 Å². The van der Waals surface area contributed by atoms with Crippen molar-refractivity contribution in [3.05, 3.63) is 36.0 Å². The van der Waals surface area contributed by atoms with Crippen molar-refractivity contribution in [1.29, 1.82) is 0 Å². The van der Waals surface area contributed by atoms with Gasteiger partial charge in [-0.25, -0.2) is 0 Å². The number of fused-ring (bicyclic) bond motifs is 2. The molecule has 0 unspecified atom stereocenters. The molecule has 3 aromatic rings. The molecule has 1 aromatic heterocycles. The first-order valence-electron chi connectivity index (χ1n) is 10.2. The SMILES string of the molecule is COc1cc2cc(C(=O)N[C@@H](C)C(=O)Nc3ccc4c(c3)OCO4)n(C)c2c(OC)c1OC. The first-order valence-corrected chi connectivity index (χ1v) is 10.2. The number of aromatic nitrogens is 1. The van der Waals surface area contributed by atoms with Crippen LogP contribution in [0, 0.1) is 0 Å². The quantitative estimate of drug-likeness (QED) is 0.564. The molecule has 0 aliphatic carbocycles. The van der Waals surface area contributed by atoms with Crippen molar-refractivity contribution in [1.82, 2.24) is 9.88 Å². The number of methoxy groups -OCH3 is 3. The Hall–Kier alpha value is -4.08. The molecule has 2 heterocycles. The fourth-order valence-electron chi connectivity index (χ4n) is 3.76. The van der Waals surface area contributed by atoms with Gasteiger partial charge in [-0.05, 0) is 31.2 Å². The number of hydrogen-bond acceptors (Lipinski definition) is 7. The first kappa shape index (κ1) is 22.1. The van der Waals surface area contributed by atoms with Gasteiger partial charge in [0, 0.05) is 24.2 Å². The lowest BCUT2D eigenvalue weighted by Crippen LogP contribution is -2.42. The number of carbonyl (C=O) groups excluding carboxylic acids is 2. The van der Waals surface area contributed by atoms with Gasteiger partial charge < -0.3 is 38.9 Å². The molecular formula is C23H25N3O7. The van der Waals surface area contributed by atoms with E-state index in [4.69, 9.17) is 23.7 Å². The van der Waals surface area contributed by atoms with Gasteiger partial charge in [0.2, 0.25) is 18.4 Å². The van der Waals surface area contributed by atoms with Crippen molar-refractivity contribution >= 4 is 28.4 Å². The highest BCUT2D eigenvalue weighted by Crippen LogP contribution is 2.44. The van der Waals surface area contributed by atoms with Crippen molar-refractivity contribution in [3.63, 3.8) is 0 Å². The van der Waals surface area contributed by atoms with Gasteiger partial charge in [0.1, 0.15) is 11.7 Å². The molecule has 0 saturated carbocycles. The highest BCUT2D eigenvalue weighted by molar-refractivity contribution is 6.04. The Balaban J connectivity index is 1.54. The van der Waals surface area contributed by atoms with Crippen molar-refractivity contribution < 1.29 is 33.3 Å². The lowest BCUT2D eigenvalue weighted by Gasteiger charge is -2.16. The molecule has 0 bridgehead atoms. The number of rotatable bonds is 7. The standard InChI is InChI=1S/C23H25N3O7/c1-12(22(27)25-14-6-7-16-17(10-14)33-11-32-16)24-23(28)15-8-13-9-18(29-3)20(30-4)21(31-5)19(13)26(15)2/h6-10,12H,11H2,1-5H3,(H,24,28)(H,25,27)/t12-/m0/s1. The first-order chi connectivity index (χ1) is 15.9. The Morgan fingerprint density at radius 3 is 2.42 bits per heavy atom. The van der Waals surface area contributed by atoms with Crippen molar-refractivity contribution in [2.75, 3.05) is 33.4 Å². The van der Waals surface area contributed by atoms with Crippen LogP contribution >= 0.6 is 0 Å². The maximum Gasteiger partial charge on any atom is 0.268 e. The number of nitrogens with zero attached hydrogens (tertiary/aromatic N) is 1. The zero-order chi connectivity index (χ0) is 23.7. The van der Waals surface area contributed by atoms with Crippen LogP contribution in [0.4, 0.5) is 5.69 Å². The van der Waals surface area contributed by atoms with E-state index < -0.39 is 11.9 Å². The van der Waals surface area contributed by atoms with Crippen LogP contribution in [0.2, 0.25) is 0 Å². The summed E-state index contributed by atoms with van der Waals surface area (Å²) in [6, 6.07) is 7.77. The summed E-state index contributed by atoms with van der Waals surface area (Å²) in [6.45, 7) is 1.75. The van der Waals surface area contributed by atoms with Crippen molar-refractivity contribution in [2.45, 2.75) is 13.0 Å². The molecule has 1 atom stereocenters. The second-order valence-electron chi connectivity index (χ2n) is 7.42. The van der Waals surface area contributed by atoms with Crippen LogP contribution in [0.15, 0.2) is 30.3 Å². The van der Waals surface area contributed by atoms with E-state index in [-0.39, 0.29) is 12.7 Å². The van der Waals surface area contributed by atoms with Crippen LogP contribution in [-0.2, 0) is 11.8 Å². The third kappa shape index (κ3) is 3.95. The number of aryl methyl sites for hydroxylation is 1. The van der Waals surface area contributed by atoms with Gasteiger partial charge in [-0.15, -0.1) is 0 Å². The largest absolute Gasteiger partial charge is 0.493 e. The van der Waals surface area contributed by atoms with E-state index in [0.717, 1.165) is 5.39 Å². The molecule has 0 spiro atoms. The molecule has 10 heteroatoms. The topological polar surface area (TPSA) is 109 Å². The highest BCUT2D eigenvalue weighted by atomic mass is 16.7. The third-order valence-corrected chi connectivity index (χ3v) is 5.44. The van der Waals surface area contributed by atoms with Gasteiger partial charge in [0.25, 0.3) is 5.91 Å². The molecule has 4 rings (SSSR count). The minimum atomic E-state index is -0.799. The summed E-state index contributed by atoms with van der Waals surface area (Å²) < 4.78 is 28.7. The maximum atomic E-state index is 13.0. The summed E-state index contributed by atoms with van der Waals surface area (Å²) in [7, 11) is 6.30. The molecule has 2 aromatic carbocycles. The molecule has 10 nitrogen and oxygen atoms in total. The van der Waals surface area contributed by atoms with Crippen LogP contribution in [-0.4, -0.2) is 50.5 Å². The highest BCUT2D eigenvalue weighted by Gasteiger charge is 2.24. The summed E-state index contributed by atoms with van der Waals surface area (Å²) >= 11 is 0. The Morgan fingerprint density at radius 2 is 1.73 bits per heavy atom. The number of ether oxygens (including phenoxy) is 5. The zero-order valence-electron chi connectivity index (χ0n) is 19.0. The Labute approximate surface area is 190 Å². The maximum absolute atomic E-state index is 13.0. The summed E-state index contributed by atoms with van der Waals surface area (Å²) in [5.41, 5.74) is 1.55. The number of carbonyl (C=O) groups is 2.